The van der Waals surface area contributed by atoms with Gasteiger partial charge in [0.05, 0.1) is 7.11 Å². The Morgan fingerprint density at radius 1 is 1.38 bits per heavy atom. The fraction of sp³-hybridized carbons (Fsp3) is 0.500. The number of rotatable bonds is 5. The van der Waals surface area contributed by atoms with Crippen LogP contribution in [0.4, 0.5) is 0 Å². The first-order chi connectivity index (χ1) is 12.4. The molecule has 26 heavy (non-hydrogen) atoms. The Balaban J connectivity index is 2.10. The number of nitrogens with one attached hydrogen (secondary N) is 1. The molecule has 0 spiro atoms. The summed E-state index contributed by atoms with van der Waals surface area (Å²) in [6.07, 6.45) is 3.15. The minimum atomic E-state index is -0.00215. The van der Waals surface area contributed by atoms with Gasteiger partial charge in [0.15, 0.2) is 5.96 Å². The topological polar surface area (TPSA) is 57.2 Å². The van der Waals surface area contributed by atoms with Gasteiger partial charge in [-0.05, 0) is 43.5 Å². The lowest BCUT2D eigenvalue weighted by atomic mass is 9.99. The van der Waals surface area contributed by atoms with Gasteiger partial charge in [-0.3, -0.25) is 4.79 Å². The van der Waals surface area contributed by atoms with Gasteiger partial charge in [0.2, 0.25) is 5.91 Å². The van der Waals surface area contributed by atoms with Gasteiger partial charge < -0.3 is 19.9 Å². The molecule has 0 aromatic heterocycles. The Morgan fingerprint density at radius 3 is 2.73 bits per heavy atom. The van der Waals surface area contributed by atoms with Crippen molar-refractivity contribution in [2.24, 2.45) is 4.99 Å². The summed E-state index contributed by atoms with van der Waals surface area (Å²) in [6, 6.07) is 8.41. The van der Waals surface area contributed by atoms with Crippen LogP contribution in [0.5, 0.6) is 5.75 Å². The van der Waals surface area contributed by atoms with Crippen LogP contribution in [0.1, 0.15) is 25.8 Å². The average Bonchev–Trinajstić information content (AvgIpc) is 2.64. The molecule has 0 bridgehead atoms. The van der Waals surface area contributed by atoms with Gasteiger partial charge in [0.1, 0.15) is 12.3 Å². The molecule has 1 N–H and O–H groups in total. The van der Waals surface area contributed by atoms with E-state index in [2.05, 4.69) is 47.3 Å². The third-order valence-corrected chi connectivity index (χ3v) is 4.23. The number of hydrogen-bond acceptors (Lipinski definition) is 3. The summed E-state index contributed by atoms with van der Waals surface area (Å²) < 4.78 is 5.32. The second-order valence-corrected chi connectivity index (χ2v) is 6.88. The van der Waals surface area contributed by atoms with Crippen LogP contribution in [-0.2, 0) is 4.79 Å². The fourth-order valence-electron chi connectivity index (χ4n) is 2.73. The summed E-state index contributed by atoms with van der Waals surface area (Å²) >= 11 is 0. The van der Waals surface area contributed by atoms with E-state index < -0.39 is 0 Å². The SMILES string of the molecule is COc1cccc(C2=CCN(C(=NCC(=O)N(C)C)NC(C)C)CC2)c1. The van der Waals surface area contributed by atoms with Gasteiger partial charge in [-0.15, -0.1) is 0 Å². The molecule has 6 heteroatoms. The Kier molecular flexibility index (Phi) is 7.06. The van der Waals surface area contributed by atoms with Gasteiger partial charge in [-0.2, -0.15) is 0 Å². The number of likely N-dealkylation sites (N-methyl/N-ethyl adjacent to an activating group) is 1. The molecule has 2 rings (SSSR count). The summed E-state index contributed by atoms with van der Waals surface area (Å²) in [7, 11) is 5.18. The Hall–Kier alpha value is -2.50. The number of methoxy groups -OCH3 is 1. The molecule has 0 saturated heterocycles. The summed E-state index contributed by atoms with van der Waals surface area (Å²) in [4.78, 5) is 20.1. The van der Waals surface area contributed by atoms with Crippen molar-refractivity contribution in [3.63, 3.8) is 0 Å². The van der Waals surface area contributed by atoms with Crippen molar-refractivity contribution in [1.29, 1.82) is 0 Å². The average molecular weight is 358 g/mol. The van der Waals surface area contributed by atoms with Gasteiger partial charge >= 0.3 is 0 Å². The largest absolute Gasteiger partial charge is 0.497 e. The zero-order valence-corrected chi connectivity index (χ0v) is 16.5. The van der Waals surface area contributed by atoms with Crippen LogP contribution in [0.25, 0.3) is 5.57 Å². The fourth-order valence-corrected chi connectivity index (χ4v) is 2.73. The minimum Gasteiger partial charge on any atom is -0.497 e. The maximum atomic E-state index is 11.9. The Bertz CT molecular complexity index is 680. The van der Waals surface area contributed by atoms with Crippen molar-refractivity contribution >= 4 is 17.4 Å². The number of benzene rings is 1. The van der Waals surface area contributed by atoms with Crippen molar-refractivity contribution in [3.8, 4) is 5.75 Å². The van der Waals surface area contributed by atoms with Gasteiger partial charge in [0.25, 0.3) is 0 Å². The quantitative estimate of drug-likeness (QED) is 0.648. The lowest BCUT2D eigenvalue weighted by Crippen LogP contribution is -2.46. The molecular weight excluding hydrogens is 328 g/mol. The third kappa shape index (κ3) is 5.51. The molecule has 1 aromatic carbocycles. The van der Waals surface area contributed by atoms with Crippen LogP contribution >= 0.6 is 0 Å². The van der Waals surface area contributed by atoms with E-state index in [1.165, 1.54) is 11.1 Å². The van der Waals surface area contributed by atoms with Gasteiger partial charge in [-0.1, -0.05) is 18.2 Å². The van der Waals surface area contributed by atoms with E-state index in [9.17, 15) is 4.79 Å². The number of carbonyl (C=O) groups is 1. The van der Waals surface area contributed by atoms with E-state index in [0.717, 1.165) is 31.2 Å². The zero-order chi connectivity index (χ0) is 19.1. The molecule has 0 aliphatic carbocycles. The molecule has 142 valence electrons. The van der Waals surface area contributed by atoms with E-state index in [1.54, 1.807) is 26.1 Å². The summed E-state index contributed by atoms with van der Waals surface area (Å²) in [5.74, 6) is 1.66. The highest BCUT2D eigenvalue weighted by Gasteiger charge is 2.18. The molecular formula is C20H30N4O2. The second kappa shape index (κ2) is 9.27. The van der Waals surface area contributed by atoms with Crippen molar-refractivity contribution < 1.29 is 9.53 Å². The maximum absolute atomic E-state index is 11.9. The molecule has 0 fully saturated rings. The van der Waals surface area contributed by atoms with E-state index in [-0.39, 0.29) is 18.5 Å². The summed E-state index contributed by atoms with van der Waals surface area (Å²) in [5, 5.41) is 3.37. The zero-order valence-electron chi connectivity index (χ0n) is 16.5. The lowest BCUT2D eigenvalue weighted by Gasteiger charge is -2.31. The molecule has 0 radical (unpaired) electrons. The van der Waals surface area contributed by atoms with Crippen LogP contribution in [-0.4, -0.2) is 68.5 Å². The van der Waals surface area contributed by atoms with Gasteiger partial charge in [0, 0.05) is 33.2 Å². The molecule has 1 aliphatic rings. The normalized spacial score (nSPS) is 14.9. The molecule has 1 aromatic rings. The van der Waals surface area contributed by atoms with Crippen molar-refractivity contribution in [1.82, 2.24) is 15.1 Å². The van der Waals surface area contributed by atoms with E-state index in [0.29, 0.717) is 0 Å². The molecule has 0 atom stereocenters. The first-order valence-electron chi connectivity index (χ1n) is 9.00. The Morgan fingerprint density at radius 2 is 2.15 bits per heavy atom. The lowest BCUT2D eigenvalue weighted by molar-refractivity contribution is -0.127. The minimum absolute atomic E-state index is 0.00215. The van der Waals surface area contributed by atoms with Crippen molar-refractivity contribution in [3.05, 3.63) is 35.9 Å². The summed E-state index contributed by atoms with van der Waals surface area (Å²) in [6.45, 7) is 5.93. The molecule has 1 aliphatic heterocycles. The Labute approximate surface area is 156 Å². The van der Waals surface area contributed by atoms with Crippen molar-refractivity contribution in [2.45, 2.75) is 26.3 Å². The molecule has 0 unspecified atom stereocenters. The number of hydrogen-bond donors (Lipinski definition) is 1. The summed E-state index contributed by atoms with van der Waals surface area (Å²) in [5.41, 5.74) is 2.51. The second-order valence-electron chi connectivity index (χ2n) is 6.88. The highest BCUT2D eigenvalue weighted by Crippen LogP contribution is 2.25. The standard InChI is InChI=1S/C20H30N4O2/c1-15(2)22-20(21-14-19(25)23(3)4)24-11-9-16(10-12-24)17-7-6-8-18(13-17)26-5/h6-9,13,15H,10-12,14H2,1-5H3,(H,21,22). The molecule has 1 heterocycles. The van der Waals surface area contributed by atoms with Crippen LogP contribution in [0.15, 0.2) is 35.3 Å². The number of nitrogens with zero attached hydrogens (tertiary/aromatic N) is 3. The molecule has 6 nitrogen and oxygen atoms in total. The smallest absolute Gasteiger partial charge is 0.243 e. The van der Waals surface area contributed by atoms with Crippen LogP contribution in [0, 0.1) is 0 Å². The van der Waals surface area contributed by atoms with E-state index in [4.69, 9.17) is 4.74 Å². The molecule has 1 amide bonds. The van der Waals surface area contributed by atoms with Crippen molar-refractivity contribution in [2.75, 3.05) is 40.8 Å². The first kappa shape index (κ1) is 19.8. The van der Waals surface area contributed by atoms with Crippen LogP contribution < -0.4 is 10.1 Å². The van der Waals surface area contributed by atoms with E-state index >= 15 is 0 Å². The number of ether oxygens (including phenoxy) is 1. The predicted molar refractivity (Wildman–Crippen MR) is 106 cm³/mol. The highest BCUT2D eigenvalue weighted by molar-refractivity contribution is 5.85. The number of carbonyl (C=O) groups excluding carboxylic acids is 1. The first-order valence-corrected chi connectivity index (χ1v) is 9.00. The van der Waals surface area contributed by atoms with Crippen LogP contribution in [0.3, 0.4) is 0 Å². The molecule has 0 saturated carbocycles. The number of amides is 1. The monoisotopic (exact) mass is 358 g/mol. The number of aliphatic imine (C=N–C) groups is 1. The predicted octanol–water partition coefficient (Wildman–Crippen LogP) is 2.23. The van der Waals surface area contributed by atoms with E-state index in [1.807, 2.05) is 12.1 Å². The number of guanidine groups is 1. The third-order valence-electron chi connectivity index (χ3n) is 4.23. The maximum Gasteiger partial charge on any atom is 0.243 e. The van der Waals surface area contributed by atoms with Gasteiger partial charge in [-0.25, -0.2) is 4.99 Å². The van der Waals surface area contributed by atoms with Crippen LogP contribution in [0.2, 0.25) is 0 Å². The highest BCUT2D eigenvalue weighted by atomic mass is 16.5.